The second-order valence-electron chi connectivity index (χ2n) is 4.29. The van der Waals surface area contributed by atoms with Crippen molar-refractivity contribution in [1.29, 1.82) is 0 Å². The molecule has 7 heteroatoms. The normalized spacial score (nSPS) is 10.4. The van der Waals surface area contributed by atoms with Crippen LogP contribution in [0.3, 0.4) is 0 Å². The van der Waals surface area contributed by atoms with Crippen molar-refractivity contribution in [1.82, 2.24) is 4.57 Å². The van der Waals surface area contributed by atoms with Crippen LogP contribution in [0.15, 0.2) is 30.5 Å². The van der Waals surface area contributed by atoms with Gasteiger partial charge in [-0.25, -0.2) is 0 Å². The van der Waals surface area contributed by atoms with Gasteiger partial charge in [0.15, 0.2) is 6.29 Å². The third-order valence-electron chi connectivity index (χ3n) is 2.84. The number of amides is 1. The van der Waals surface area contributed by atoms with Crippen LogP contribution < -0.4 is 5.32 Å². The van der Waals surface area contributed by atoms with Crippen molar-refractivity contribution in [3.63, 3.8) is 0 Å². The molecule has 0 saturated heterocycles. The average Bonchev–Trinajstić information content (AvgIpc) is 2.88. The number of aryl methyl sites for hydroxylation is 1. The second-order valence-corrected chi connectivity index (χ2v) is 5.54. The van der Waals surface area contributed by atoms with Gasteiger partial charge >= 0.3 is 0 Å². The molecular formula is C14H11Cl3N2O2. The molecule has 0 spiro atoms. The van der Waals surface area contributed by atoms with Crippen molar-refractivity contribution in [2.45, 2.75) is 13.0 Å². The molecule has 2 aromatic rings. The van der Waals surface area contributed by atoms with Gasteiger partial charge in [-0.1, -0.05) is 34.8 Å². The minimum atomic E-state index is -0.258. The first-order valence-electron chi connectivity index (χ1n) is 6.06. The number of anilines is 1. The second kappa shape index (κ2) is 6.98. The molecule has 1 heterocycles. The summed E-state index contributed by atoms with van der Waals surface area (Å²) in [6, 6.07) is 6.43. The zero-order valence-electron chi connectivity index (χ0n) is 10.8. The Kier molecular flexibility index (Phi) is 5.28. The number of hydrogen-bond donors (Lipinski definition) is 1. The third-order valence-corrected chi connectivity index (χ3v) is 3.65. The maximum absolute atomic E-state index is 11.9. The van der Waals surface area contributed by atoms with Crippen molar-refractivity contribution in [2.24, 2.45) is 0 Å². The van der Waals surface area contributed by atoms with E-state index in [9.17, 15) is 9.59 Å². The quantitative estimate of drug-likeness (QED) is 0.822. The van der Waals surface area contributed by atoms with E-state index in [1.807, 2.05) is 0 Å². The maximum Gasteiger partial charge on any atom is 0.226 e. The summed E-state index contributed by atoms with van der Waals surface area (Å²) in [7, 11) is 0. The topological polar surface area (TPSA) is 51.1 Å². The number of nitrogens with one attached hydrogen (secondary N) is 1. The van der Waals surface area contributed by atoms with Crippen LogP contribution in [0.4, 0.5) is 5.69 Å². The number of aromatic nitrogens is 1. The van der Waals surface area contributed by atoms with Crippen molar-refractivity contribution < 1.29 is 9.59 Å². The standard InChI is InChI=1S/C14H11Cl3N2O2/c15-9-6-11(16)14(12(17)7-9)18-13(21)3-5-19-4-1-2-10(19)8-20/h1-2,4,6-8H,3,5H2,(H,18,21). The summed E-state index contributed by atoms with van der Waals surface area (Å²) in [6.45, 7) is 0.385. The summed E-state index contributed by atoms with van der Waals surface area (Å²) < 4.78 is 1.69. The molecule has 0 atom stereocenters. The molecule has 1 N–H and O–H groups in total. The van der Waals surface area contributed by atoms with Gasteiger partial charge in [-0.15, -0.1) is 0 Å². The predicted molar refractivity (Wildman–Crippen MR) is 84.5 cm³/mol. The Bertz CT molecular complexity index is 660. The van der Waals surface area contributed by atoms with Gasteiger partial charge in [0.2, 0.25) is 5.91 Å². The SMILES string of the molecule is O=Cc1cccn1CCC(=O)Nc1c(Cl)cc(Cl)cc1Cl. The van der Waals surface area contributed by atoms with Crippen LogP contribution in [0, 0.1) is 0 Å². The Morgan fingerprint density at radius 1 is 1.24 bits per heavy atom. The summed E-state index contributed by atoms with van der Waals surface area (Å²) in [5, 5.41) is 3.58. The third kappa shape index (κ3) is 4.00. The van der Waals surface area contributed by atoms with Crippen molar-refractivity contribution in [3.8, 4) is 0 Å². The van der Waals surface area contributed by atoms with Gasteiger partial charge in [0.05, 0.1) is 21.4 Å². The molecule has 1 amide bonds. The average molecular weight is 346 g/mol. The molecule has 0 fully saturated rings. The van der Waals surface area contributed by atoms with E-state index in [1.54, 1.807) is 22.9 Å². The zero-order chi connectivity index (χ0) is 15.4. The molecule has 2 rings (SSSR count). The Balaban J connectivity index is 2.01. The summed E-state index contributed by atoms with van der Waals surface area (Å²) in [6.07, 6.45) is 2.66. The number of rotatable bonds is 5. The highest BCUT2D eigenvalue weighted by Crippen LogP contribution is 2.33. The molecule has 1 aromatic heterocycles. The molecule has 0 saturated carbocycles. The Hall–Kier alpha value is -1.49. The van der Waals surface area contributed by atoms with Crippen LogP contribution >= 0.6 is 34.8 Å². The zero-order valence-corrected chi connectivity index (χ0v) is 13.0. The van der Waals surface area contributed by atoms with Gasteiger partial charge in [0.25, 0.3) is 0 Å². The summed E-state index contributed by atoms with van der Waals surface area (Å²) in [5.74, 6) is -0.258. The van der Waals surface area contributed by atoms with E-state index in [4.69, 9.17) is 34.8 Å². The van der Waals surface area contributed by atoms with E-state index < -0.39 is 0 Å². The van der Waals surface area contributed by atoms with Crippen molar-refractivity contribution >= 4 is 52.7 Å². The fourth-order valence-electron chi connectivity index (χ4n) is 1.82. The van der Waals surface area contributed by atoms with E-state index in [0.717, 1.165) is 6.29 Å². The van der Waals surface area contributed by atoms with Gasteiger partial charge in [-0.3, -0.25) is 9.59 Å². The lowest BCUT2D eigenvalue weighted by atomic mass is 10.3. The van der Waals surface area contributed by atoms with Crippen LogP contribution in [0.2, 0.25) is 15.1 Å². The molecule has 21 heavy (non-hydrogen) atoms. The molecule has 0 aliphatic heterocycles. The van der Waals surface area contributed by atoms with Crippen LogP contribution in [0.5, 0.6) is 0 Å². The maximum atomic E-state index is 11.9. The van der Waals surface area contributed by atoms with Crippen LogP contribution in [0.1, 0.15) is 16.9 Å². The lowest BCUT2D eigenvalue weighted by Gasteiger charge is -2.10. The summed E-state index contributed by atoms with van der Waals surface area (Å²) >= 11 is 17.8. The lowest BCUT2D eigenvalue weighted by Crippen LogP contribution is -2.15. The highest BCUT2D eigenvalue weighted by Gasteiger charge is 2.11. The van der Waals surface area contributed by atoms with E-state index in [1.165, 1.54) is 12.1 Å². The smallest absolute Gasteiger partial charge is 0.226 e. The Labute approximate surface area is 136 Å². The number of benzene rings is 1. The van der Waals surface area contributed by atoms with Crippen LogP contribution in [-0.2, 0) is 11.3 Å². The molecule has 0 unspecified atom stereocenters. The Morgan fingerprint density at radius 3 is 2.52 bits per heavy atom. The number of nitrogens with zero attached hydrogens (tertiary/aromatic N) is 1. The fraction of sp³-hybridized carbons (Fsp3) is 0.143. The van der Waals surface area contributed by atoms with E-state index in [-0.39, 0.29) is 22.4 Å². The lowest BCUT2D eigenvalue weighted by molar-refractivity contribution is -0.116. The van der Waals surface area contributed by atoms with E-state index in [2.05, 4.69) is 5.32 Å². The molecule has 4 nitrogen and oxygen atoms in total. The van der Waals surface area contributed by atoms with Crippen molar-refractivity contribution in [2.75, 3.05) is 5.32 Å². The van der Waals surface area contributed by atoms with Gasteiger partial charge in [-0.05, 0) is 24.3 Å². The van der Waals surface area contributed by atoms with Crippen LogP contribution in [0.25, 0.3) is 0 Å². The molecule has 0 aliphatic rings. The minimum absolute atomic E-state index is 0.185. The summed E-state index contributed by atoms with van der Waals surface area (Å²) in [5.41, 5.74) is 0.848. The van der Waals surface area contributed by atoms with Crippen LogP contribution in [-0.4, -0.2) is 16.8 Å². The predicted octanol–water partition coefficient (Wildman–Crippen LogP) is 4.29. The number of carbonyl (C=O) groups is 2. The first-order valence-corrected chi connectivity index (χ1v) is 7.19. The largest absolute Gasteiger partial charge is 0.345 e. The molecular weight excluding hydrogens is 335 g/mol. The molecule has 0 aliphatic carbocycles. The van der Waals surface area contributed by atoms with Gasteiger partial charge in [0.1, 0.15) is 0 Å². The van der Waals surface area contributed by atoms with Gasteiger partial charge < -0.3 is 9.88 Å². The monoisotopic (exact) mass is 344 g/mol. The fourth-order valence-corrected chi connectivity index (χ4v) is 2.73. The number of halogens is 3. The van der Waals surface area contributed by atoms with Gasteiger partial charge in [-0.2, -0.15) is 0 Å². The van der Waals surface area contributed by atoms with E-state index >= 15 is 0 Å². The minimum Gasteiger partial charge on any atom is -0.345 e. The number of aldehydes is 1. The molecule has 1 aromatic carbocycles. The van der Waals surface area contributed by atoms with Gasteiger partial charge in [0, 0.05) is 24.2 Å². The highest BCUT2D eigenvalue weighted by molar-refractivity contribution is 6.42. The molecule has 0 bridgehead atoms. The molecule has 110 valence electrons. The van der Waals surface area contributed by atoms with Crippen molar-refractivity contribution in [3.05, 3.63) is 51.2 Å². The number of hydrogen-bond acceptors (Lipinski definition) is 2. The molecule has 0 radical (unpaired) electrons. The first-order chi connectivity index (χ1) is 10.0. The summed E-state index contributed by atoms with van der Waals surface area (Å²) in [4.78, 5) is 22.7. The number of carbonyl (C=O) groups excluding carboxylic acids is 2. The first kappa shape index (κ1) is 15.9. The Morgan fingerprint density at radius 2 is 1.90 bits per heavy atom. The van der Waals surface area contributed by atoms with E-state index in [0.29, 0.717) is 22.9 Å². The highest BCUT2D eigenvalue weighted by atomic mass is 35.5.